The van der Waals surface area contributed by atoms with Crippen LogP contribution in [0.4, 0.5) is 11.5 Å². The molecule has 0 amide bonds. The van der Waals surface area contributed by atoms with Crippen molar-refractivity contribution in [2.75, 3.05) is 12.4 Å². The summed E-state index contributed by atoms with van der Waals surface area (Å²) >= 11 is 3.45. The number of nitrogens with one attached hydrogen (secondary N) is 1. The van der Waals surface area contributed by atoms with Crippen LogP contribution in [0.2, 0.25) is 0 Å². The number of ether oxygens (including phenoxy) is 1. The number of rotatable bonds is 3. The molecule has 0 aliphatic rings. The van der Waals surface area contributed by atoms with Crippen molar-refractivity contribution in [2.45, 2.75) is 6.92 Å². The van der Waals surface area contributed by atoms with Gasteiger partial charge in [-0.25, -0.2) is 14.8 Å². The molecule has 2 rings (SSSR count). The van der Waals surface area contributed by atoms with Gasteiger partial charge in [-0.1, -0.05) is 6.07 Å². The molecule has 19 heavy (non-hydrogen) atoms. The summed E-state index contributed by atoms with van der Waals surface area (Å²) in [4.78, 5) is 19.3. The maximum atomic E-state index is 11.2. The fourth-order valence-electron chi connectivity index (χ4n) is 1.48. The van der Waals surface area contributed by atoms with Crippen LogP contribution in [-0.4, -0.2) is 23.0 Å². The molecule has 98 valence electrons. The lowest BCUT2D eigenvalue weighted by atomic mass is 10.2. The molecule has 5 nitrogen and oxygen atoms in total. The molecule has 0 spiro atoms. The first kappa shape index (κ1) is 13.5. The number of methoxy groups -OCH3 is 1. The first-order valence-electron chi connectivity index (χ1n) is 5.53. The summed E-state index contributed by atoms with van der Waals surface area (Å²) in [6.45, 7) is 2.00. The number of benzene rings is 1. The van der Waals surface area contributed by atoms with Gasteiger partial charge in [-0.15, -0.1) is 0 Å². The lowest BCUT2D eigenvalue weighted by molar-refractivity contribution is 0.0593. The number of hydrogen-bond donors (Lipinski definition) is 1. The Kier molecular flexibility index (Phi) is 4.11. The van der Waals surface area contributed by atoms with Gasteiger partial charge in [0.25, 0.3) is 0 Å². The van der Waals surface area contributed by atoms with Crippen LogP contribution in [0.3, 0.4) is 0 Å². The van der Waals surface area contributed by atoms with Gasteiger partial charge in [0.05, 0.1) is 25.2 Å². The smallest absolute Gasteiger partial charge is 0.358 e. The molecule has 1 N–H and O–H groups in total. The highest BCUT2D eigenvalue weighted by atomic mass is 79.9. The van der Waals surface area contributed by atoms with Crippen molar-refractivity contribution in [3.63, 3.8) is 0 Å². The minimum atomic E-state index is -0.504. The van der Waals surface area contributed by atoms with Gasteiger partial charge in [0, 0.05) is 4.47 Å². The fourth-order valence-corrected chi connectivity index (χ4v) is 1.82. The molecule has 0 saturated carbocycles. The average molecular weight is 322 g/mol. The Hall–Kier alpha value is -1.95. The summed E-state index contributed by atoms with van der Waals surface area (Å²) in [5, 5.41) is 3.12. The Morgan fingerprint density at radius 1 is 1.32 bits per heavy atom. The molecule has 1 aromatic heterocycles. The molecule has 0 aliphatic carbocycles. The van der Waals surface area contributed by atoms with E-state index < -0.39 is 5.97 Å². The zero-order chi connectivity index (χ0) is 13.8. The van der Waals surface area contributed by atoms with Crippen molar-refractivity contribution >= 4 is 33.4 Å². The number of halogens is 1. The van der Waals surface area contributed by atoms with Gasteiger partial charge in [-0.2, -0.15) is 0 Å². The van der Waals surface area contributed by atoms with Crippen molar-refractivity contribution in [3.8, 4) is 0 Å². The van der Waals surface area contributed by atoms with E-state index in [1.807, 2.05) is 25.1 Å². The van der Waals surface area contributed by atoms with Crippen LogP contribution in [0.15, 0.2) is 35.1 Å². The molecular weight excluding hydrogens is 310 g/mol. The number of esters is 1. The third-order valence-electron chi connectivity index (χ3n) is 2.43. The normalized spacial score (nSPS) is 10.1. The van der Waals surface area contributed by atoms with Gasteiger partial charge in [-0.3, -0.25) is 0 Å². The quantitative estimate of drug-likeness (QED) is 0.880. The summed E-state index contributed by atoms with van der Waals surface area (Å²) in [6, 6.07) is 5.94. The first-order valence-corrected chi connectivity index (χ1v) is 6.33. The highest BCUT2D eigenvalue weighted by Crippen LogP contribution is 2.25. The highest BCUT2D eigenvalue weighted by molar-refractivity contribution is 9.10. The van der Waals surface area contributed by atoms with Crippen molar-refractivity contribution in [2.24, 2.45) is 0 Å². The molecule has 0 bridgehead atoms. The van der Waals surface area contributed by atoms with E-state index in [2.05, 4.69) is 36.0 Å². The summed E-state index contributed by atoms with van der Waals surface area (Å²) in [7, 11) is 1.31. The first-order chi connectivity index (χ1) is 9.10. The zero-order valence-electron chi connectivity index (χ0n) is 10.5. The second-order valence-corrected chi connectivity index (χ2v) is 4.74. The van der Waals surface area contributed by atoms with Crippen LogP contribution >= 0.6 is 15.9 Å². The predicted molar refractivity (Wildman–Crippen MR) is 75.5 cm³/mol. The van der Waals surface area contributed by atoms with Crippen molar-refractivity contribution in [3.05, 3.63) is 46.3 Å². The van der Waals surface area contributed by atoms with E-state index in [4.69, 9.17) is 0 Å². The van der Waals surface area contributed by atoms with Crippen LogP contribution in [-0.2, 0) is 4.74 Å². The van der Waals surface area contributed by atoms with Crippen molar-refractivity contribution in [1.82, 2.24) is 9.97 Å². The van der Waals surface area contributed by atoms with Crippen molar-refractivity contribution < 1.29 is 9.53 Å². The maximum absolute atomic E-state index is 11.2. The number of nitrogens with zero attached hydrogens (tertiary/aromatic N) is 2. The minimum absolute atomic E-state index is 0.177. The Labute approximate surface area is 119 Å². The van der Waals surface area contributed by atoms with E-state index in [0.717, 1.165) is 15.7 Å². The Balaban J connectivity index is 2.19. The summed E-state index contributed by atoms with van der Waals surface area (Å²) < 4.78 is 5.49. The summed E-state index contributed by atoms with van der Waals surface area (Å²) in [6.07, 6.45) is 2.86. The minimum Gasteiger partial charge on any atom is -0.464 e. The number of aromatic nitrogens is 2. The zero-order valence-corrected chi connectivity index (χ0v) is 12.1. The molecule has 0 fully saturated rings. The van der Waals surface area contributed by atoms with Crippen molar-refractivity contribution in [1.29, 1.82) is 0 Å². The van der Waals surface area contributed by atoms with Crippen LogP contribution < -0.4 is 5.32 Å². The van der Waals surface area contributed by atoms with E-state index in [1.54, 1.807) is 0 Å². The second kappa shape index (κ2) is 5.79. The number of hydrogen-bond acceptors (Lipinski definition) is 5. The molecule has 0 atom stereocenters. The van der Waals surface area contributed by atoms with E-state index in [9.17, 15) is 4.79 Å². The third kappa shape index (κ3) is 3.29. The number of anilines is 2. The Morgan fingerprint density at radius 2 is 2.11 bits per heavy atom. The van der Waals surface area contributed by atoms with E-state index in [0.29, 0.717) is 5.82 Å². The standard InChI is InChI=1S/C13H12BrN3O2/c1-8-3-4-9(14)10(5-8)17-12-7-15-11(6-16-12)13(18)19-2/h3-7H,1-2H3,(H,16,17). The second-order valence-electron chi connectivity index (χ2n) is 3.89. The van der Waals surface area contributed by atoms with Crippen LogP contribution in [0.5, 0.6) is 0 Å². The topological polar surface area (TPSA) is 64.1 Å². The van der Waals surface area contributed by atoms with Crippen LogP contribution in [0, 0.1) is 6.92 Å². The highest BCUT2D eigenvalue weighted by Gasteiger charge is 2.08. The molecule has 2 aromatic rings. The van der Waals surface area contributed by atoms with E-state index in [-0.39, 0.29) is 5.69 Å². The van der Waals surface area contributed by atoms with Gasteiger partial charge < -0.3 is 10.1 Å². The summed E-state index contributed by atoms with van der Waals surface area (Å²) in [5.41, 5.74) is 2.20. The van der Waals surface area contributed by atoms with Gasteiger partial charge >= 0.3 is 5.97 Å². The summed E-state index contributed by atoms with van der Waals surface area (Å²) in [5.74, 6) is 0.0507. The van der Waals surface area contributed by atoms with Gasteiger partial charge in [0.2, 0.25) is 0 Å². The molecule has 1 heterocycles. The number of aryl methyl sites for hydroxylation is 1. The van der Waals surface area contributed by atoms with E-state index >= 15 is 0 Å². The predicted octanol–water partition coefficient (Wildman–Crippen LogP) is 3.08. The Bertz CT molecular complexity index is 599. The molecular formula is C13H12BrN3O2. The molecule has 0 unspecified atom stereocenters. The fraction of sp³-hybridized carbons (Fsp3) is 0.154. The number of carbonyl (C=O) groups excluding carboxylic acids is 1. The van der Waals surface area contributed by atoms with Gasteiger partial charge in [-0.05, 0) is 40.5 Å². The molecule has 0 aliphatic heterocycles. The monoisotopic (exact) mass is 321 g/mol. The Morgan fingerprint density at radius 3 is 2.74 bits per heavy atom. The SMILES string of the molecule is COC(=O)c1cnc(Nc2cc(C)ccc2Br)cn1. The molecule has 0 saturated heterocycles. The third-order valence-corrected chi connectivity index (χ3v) is 3.12. The average Bonchev–Trinajstić information content (AvgIpc) is 2.43. The molecule has 1 aromatic carbocycles. The molecule has 0 radical (unpaired) electrons. The largest absolute Gasteiger partial charge is 0.464 e. The lowest BCUT2D eigenvalue weighted by Gasteiger charge is -2.08. The van der Waals surface area contributed by atoms with Gasteiger partial charge in [0.15, 0.2) is 5.69 Å². The maximum Gasteiger partial charge on any atom is 0.358 e. The van der Waals surface area contributed by atoms with Crippen LogP contribution in [0.25, 0.3) is 0 Å². The van der Waals surface area contributed by atoms with Gasteiger partial charge in [0.1, 0.15) is 5.82 Å². The number of carbonyl (C=O) groups is 1. The lowest BCUT2D eigenvalue weighted by Crippen LogP contribution is -2.05. The van der Waals surface area contributed by atoms with E-state index in [1.165, 1.54) is 19.5 Å². The van der Waals surface area contributed by atoms with Crippen LogP contribution in [0.1, 0.15) is 16.1 Å². The molecule has 6 heteroatoms.